The molecule has 148 valence electrons. The third kappa shape index (κ3) is 3.81. The highest BCUT2D eigenvalue weighted by Gasteiger charge is 2.34. The third-order valence-electron chi connectivity index (χ3n) is 6.00. The summed E-state index contributed by atoms with van der Waals surface area (Å²) in [5.41, 5.74) is 0.833. The second-order valence-corrected chi connectivity index (χ2v) is 9.82. The molecule has 9 heteroatoms. The van der Waals surface area contributed by atoms with Crippen LogP contribution in [0, 0.1) is 5.92 Å². The molecule has 4 rings (SSSR count). The molecule has 1 saturated carbocycles. The minimum absolute atomic E-state index is 0.190. The number of hydrogen-bond donors (Lipinski definition) is 2. The lowest BCUT2D eigenvalue weighted by molar-refractivity contribution is 0.189. The van der Waals surface area contributed by atoms with Crippen LogP contribution in [0.1, 0.15) is 32.1 Å². The Balaban J connectivity index is 1.37. The predicted octanol–water partition coefficient (Wildman–Crippen LogP) is 1.35. The molecule has 0 spiro atoms. The average molecular weight is 394 g/mol. The molecule has 1 unspecified atom stereocenters. The number of nitrogens with one attached hydrogen (secondary N) is 1. The second kappa shape index (κ2) is 7.37. The smallest absolute Gasteiger partial charge is 0.214 e. The molecular formula is C18H27N5O3S. The minimum Gasteiger partial charge on any atom is -0.392 e. The number of H-pyrrole nitrogens is 1. The first-order valence-corrected chi connectivity index (χ1v) is 11.2. The van der Waals surface area contributed by atoms with Crippen LogP contribution in [0.5, 0.6) is 0 Å². The predicted molar refractivity (Wildman–Crippen MR) is 104 cm³/mol. The zero-order valence-corrected chi connectivity index (χ0v) is 16.4. The van der Waals surface area contributed by atoms with Gasteiger partial charge in [-0.3, -0.25) is 0 Å². The summed E-state index contributed by atoms with van der Waals surface area (Å²) in [6.07, 6.45) is 7.18. The van der Waals surface area contributed by atoms with E-state index < -0.39 is 16.1 Å². The van der Waals surface area contributed by atoms with Crippen LogP contribution >= 0.6 is 0 Å². The van der Waals surface area contributed by atoms with Crippen molar-refractivity contribution in [1.29, 1.82) is 0 Å². The van der Waals surface area contributed by atoms with E-state index in [0.717, 1.165) is 42.5 Å². The van der Waals surface area contributed by atoms with Crippen molar-refractivity contribution in [2.75, 3.05) is 30.8 Å². The lowest BCUT2D eigenvalue weighted by Gasteiger charge is -2.35. The summed E-state index contributed by atoms with van der Waals surface area (Å²) in [7, 11) is -1.21. The molecule has 1 aliphatic heterocycles. The second-order valence-electron chi connectivity index (χ2n) is 7.80. The molecular weight excluding hydrogens is 366 g/mol. The van der Waals surface area contributed by atoms with Crippen molar-refractivity contribution in [1.82, 2.24) is 19.3 Å². The van der Waals surface area contributed by atoms with Crippen LogP contribution in [0.25, 0.3) is 11.0 Å². The van der Waals surface area contributed by atoms with Crippen molar-refractivity contribution >= 4 is 26.9 Å². The van der Waals surface area contributed by atoms with Gasteiger partial charge in [-0.2, -0.15) is 4.31 Å². The minimum atomic E-state index is -3.27. The molecule has 2 N–H and O–H groups in total. The quantitative estimate of drug-likeness (QED) is 0.795. The molecule has 8 nitrogen and oxygen atoms in total. The summed E-state index contributed by atoms with van der Waals surface area (Å²) in [4.78, 5) is 14.0. The summed E-state index contributed by atoms with van der Waals surface area (Å²) in [6, 6.07) is 2.34. The van der Waals surface area contributed by atoms with Gasteiger partial charge in [0.1, 0.15) is 17.8 Å². The van der Waals surface area contributed by atoms with Gasteiger partial charge in [-0.15, -0.1) is 0 Å². The lowest BCUT2D eigenvalue weighted by atomic mass is 9.86. The molecule has 2 aliphatic rings. The van der Waals surface area contributed by atoms with Gasteiger partial charge in [0, 0.05) is 32.4 Å². The number of fused-ring (bicyclic) bond motifs is 1. The van der Waals surface area contributed by atoms with E-state index in [0.29, 0.717) is 19.0 Å². The monoisotopic (exact) mass is 393 g/mol. The van der Waals surface area contributed by atoms with E-state index in [1.807, 2.05) is 12.3 Å². The van der Waals surface area contributed by atoms with E-state index in [-0.39, 0.29) is 18.2 Å². The van der Waals surface area contributed by atoms with Crippen LogP contribution in [-0.2, 0) is 10.0 Å². The highest BCUT2D eigenvalue weighted by molar-refractivity contribution is 7.89. The Kier molecular flexibility index (Phi) is 5.09. The van der Waals surface area contributed by atoms with E-state index in [4.69, 9.17) is 0 Å². The number of aliphatic hydroxyl groups excluding tert-OH is 1. The number of aliphatic hydroxyl groups is 1. The van der Waals surface area contributed by atoms with Gasteiger partial charge >= 0.3 is 0 Å². The fraction of sp³-hybridized carbons (Fsp3) is 0.667. The number of sulfonamides is 1. The molecule has 2 fully saturated rings. The van der Waals surface area contributed by atoms with Crippen molar-refractivity contribution < 1.29 is 13.5 Å². The van der Waals surface area contributed by atoms with Crippen molar-refractivity contribution in [3.8, 4) is 0 Å². The average Bonchev–Trinajstić information content (AvgIpc) is 3.30. The number of aromatic amines is 1. The van der Waals surface area contributed by atoms with E-state index in [1.165, 1.54) is 4.31 Å². The van der Waals surface area contributed by atoms with Crippen LogP contribution in [0.3, 0.4) is 0 Å². The molecule has 1 saturated heterocycles. The Bertz CT molecular complexity index is 891. The summed E-state index contributed by atoms with van der Waals surface area (Å²) < 4.78 is 26.6. The summed E-state index contributed by atoms with van der Waals surface area (Å²) >= 11 is 0. The summed E-state index contributed by atoms with van der Waals surface area (Å²) in [6.45, 7) is 0.697. The van der Waals surface area contributed by atoms with Gasteiger partial charge in [0.05, 0.1) is 17.2 Å². The van der Waals surface area contributed by atoms with Gasteiger partial charge in [0.15, 0.2) is 0 Å². The highest BCUT2D eigenvalue weighted by Crippen LogP contribution is 2.32. The molecule has 0 bridgehead atoms. The standard InChI is InChI=1S/C18H27N5O3S/c1-22(18-16-6-8-19-17(16)20-12-21-18)14-4-2-13(3-5-14)11-27(25,26)23-9-7-15(24)10-23/h6,8,12-15,24H,2-5,7,9-11H2,1H3,(H,19,20,21). The normalized spacial score (nSPS) is 27.3. The molecule has 2 aromatic rings. The van der Waals surface area contributed by atoms with Crippen molar-refractivity contribution in [3.63, 3.8) is 0 Å². The molecule has 1 atom stereocenters. The van der Waals surface area contributed by atoms with E-state index >= 15 is 0 Å². The van der Waals surface area contributed by atoms with E-state index in [1.54, 1.807) is 6.33 Å². The Morgan fingerprint density at radius 1 is 1.26 bits per heavy atom. The summed E-state index contributed by atoms with van der Waals surface area (Å²) in [5, 5.41) is 10.6. The number of rotatable bonds is 5. The number of anilines is 1. The topological polar surface area (TPSA) is 102 Å². The molecule has 0 aromatic carbocycles. The molecule has 3 heterocycles. The van der Waals surface area contributed by atoms with Gasteiger partial charge in [-0.1, -0.05) is 0 Å². The summed E-state index contributed by atoms with van der Waals surface area (Å²) in [5.74, 6) is 1.31. The van der Waals surface area contributed by atoms with Crippen LogP contribution < -0.4 is 4.90 Å². The first-order valence-electron chi connectivity index (χ1n) is 9.61. The molecule has 27 heavy (non-hydrogen) atoms. The zero-order valence-electron chi connectivity index (χ0n) is 15.6. The Labute approximate surface area is 159 Å². The van der Waals surface area contributed by atoms with Gasteiger partial charge in [-0.25, -0.2) is 18.4 Å². The van der Waals surface area contributed by atoms with Crippen molar-refractivity contribution in [2.45, 2.75) is 44.2 Å². The Morgan fingerprint density at radius 2 is 2.04 bits per heavy atom. The largest absolute Gasteiger partial charge is 0.392 e. The third-order valence-corrected chi connectivity index (χ3v) is 8.01. The SMILES string of the molecule is CN(c1ncnc2[nH]ccc12)C1CCC(CS(=O)(=O)N2CCC(O)C2)CC1. The molecule has 0 amide bonds. The van der Waals surface area contributed by atoms with Crippen LogP contribution in [-0.4, -0.2) is 70.8 Å². The van der Waals surface area contributed by atoms with Gasteiger partial charge in [-0.05, 0) is 44.1 Å². The van der Waals surface area contributed by atoms with Crippen molar-refractivity contribution in [2.24, 2.45) is 5.92 Å². The number of aromatic nitrogens is 3. The van der Waals surface area contributed by atoms with E-state index in [2.05, 4.69) is 26.9 Å². The first kappa shape index (κ1) is 18.6. The van der Waals surface area contributed by atoms with Gasteiger partial charge in [0.25, 0.3) is 0 Å². The number of nitrogens with zero attached hydrogens (tertiary/aromatic N) is 4. The highest BCUT2D eigenvalue weighted by atomic mass is 32.2. The van der Waals surface area contributed by atoms with E-state index in [9.17, 15) is 13.5 Å². The van der Waals surface area contributed by atoms with Crippen LogP contribution in [0.4, 0.5) is 5.82 Å². The number of β-amino-alcohol motifs (C(OH)–C–C–N with tert-alkyl or cyclic N) is 1. The van der Waals surface area contributed by atoms with Gasteiger partial charge < -0.3 is 15.0 Å². The fourth-order valence-corrected chi connectivity index (χ4v) is 6.30. The first-order chi connectivity index (χ1) is 12.9. The zero-order chi connectivity index (χ0) is 19.0. The van der Waals surface area contributed by atoms with Crippen LogP contribution in [0.15, 0.2) is 18.6 Å². The molecule has 1 aliphatic carbocycles. The maximum atomic E-state index is 12.6. The van der Waals surface area contributed by atoms with Gasteiger partial charge in [0.2, 0.25) is 10.0 Å². The lowest BCUT2D eigenvalue weighted by Crippen LogP contribution is -2.39. The Morgan fingerprint density at radius 3 is 2.74 bits per heavy atom. The maximum Gasteiger partial charge on any atom is 0.214 e. The number of hydrogen-bond acceptors (Lipinski definition) is 6. The fourth-order valence-electron chi connectivity index (χ4n) is 4.38. The maximum absolute atomic E-state index is 12.6. The van der Waals surface area contributed by atoms with Crippen molar-refractivity contribution in [3.05, 3.63) is 18.6 Å². The van der Waals surface area contributed by atoms with Crippen LogP contribution in [0.2, 0.25) is 0 Å². The Hall–Kier alpha value is -1.71. The molecule has 2 aromatic heterocycles. The molecule has 0 radical (unpaired) electrons.